The van der Waals surface area contributed by atoms with Crippen molar-refractivity contribution < 1.29 is 9.18 Å². The number of likely N-dealkylation sites (tertiary alicyclic amines) is 1. The Labute approximate surface area is 173 Å². The molecule has 6 nitrogen and oxygen atoms in total. The number of nitrogens with zero attached hydrogens (tertiary/aromatic N) is 4. The maximum atomic E-state index is 13.5. The van der Waals surface area contributed by atoms with Crippen LogP contribution < -0.4 is 0 Å². The minimum Gasteiger partial charge on any atom is -0.336 e. The Morgan fingerprint density at radius 1 is 1.20 bits per heavy atom. The smallest absolute Gasteiger partial charge is 0.254 e. The van der Waals surface area contributed by atoms with Crippen LogP contribution >= 0.6 is 0 Å². The number of halogens is 1. The second-order valence-electron chi connectivity index (χ2n) is 8.01. The Hall–Kier alpha value is -3.48. The molecule has 1 amide bonds. The highest BCUT2D eigenvalue weighted by molar-refractivity contribution is 5.94. The van der Waals surface area contributed by atoms with E-state index in [1.807, 2.05) is 22.0 Å². The van der Waals surface area contributed by atoms with Gasteiger partial charge >= 0.3 is 0 Å². The minimum atomic E-state index is -0.387. The molecule has 0 bridgehead atoms. The summed E-state index contributed by atoms with van der Waals surface area (Å²) in [7, 11) is 0. The van der Waals surface area contributed by atoms with Gasteiger partial charge in [-0.1, -0.05) is 12.1 Å². The molecule has 4 aromatic rings. The zero-order valence-corrected chi connectivity index (χ0v) is 16.6. The van der Waals surface area contributed by atoms with E-state index in [0.29, 0.717) is 18.0 Å². The summed E-state index contributed by atoms with van der Waals surface area (Å²) in [5, 5.41) is 12.5. The molecule has 5 rings (SSSR count). The van der Waals surface area contributed by atoms with Crippen LogP contribution in [0.25, 0.3) is 22.0 Å². The highest BCUT2D eigenvalue weighted by atomic mass is 19.1. The predicted molar refractivity (Wildman–Crippen MR) is 112 cm³/mol. The Kier molecular flexibility index (Phi) is 4.58. The van der Waals surface area contributed by atoms with E-state index < -0.39 is 0 Å². The first-order valence-corrected chi connectivity index (χ1v) is 10.1. The van der Waals surface area contributed by atoms with Gasteiger partial charge in [0.1, 0.15) is 5.82 Å². The first kappa shape index (κ1) is 18.5. The zero-order valence-electron chi connectivity index (χ0n) is 16.6. The van der Waals surface area contributed by atoms with Gasteiger partial charge in [0, 0.05) is 41.8 Å². The third kappa shape index (κ3) is 3.36. The van der Waals surface area contributed by atoms with E-state index in [0.717, 1.165) is 35.0 Å². The maximum Gasteiger partial charge on any atom is 0.254 e. The Morgan fingerprint density at radius 3 is 2.90 bits per heavy atom. The third-order valence-electron chi connectivity index (χ3n) is 5.90. The average molecular weight is 403 g/mol. The van der Waals surface area contributed by atoms with E-state index in [1.165, 1.54) is 12.1 Å². The molecule has 3 heterocycles. The third-order valence-corrected chi connectivity index (χ3v) is 5.90. The number of hydrogen-bond acceptors (Lipinski definition) is 3. The number of rotatable bonds is 4. The van der Waals surface area contributed by atoms with Crippen LogP contribution in [0.3, 0.4) is 0 Å². The molecule has 1 aliphatic heterocycles. The molecule has 0 aliphatic carbocycles. The normalized spacial score (nSPS) is 18.9. The molecule has 0 saturated carbocycles. The molecule has 0 unspecified atom stereocenters. The van der Waals surface area contributed by atoms with E-state index in [1.54, 1.807) is 18.3 Å². The van der Waals surface area contributed by atoms with Crippen LogP contribution in [-0.4, -0.2) is 43.4 Å². The number of H-pyrrole nitrogens is 1. The van der Waals surface area contributed by atoms with Crippen molar-refractivity contribution in [2.75, 3.05) is 6.54 Å². The molecule has 0 spiro atoms. The van der Waals surface area contributed by atoms with Crippen molar-refractivity contribution in [3.8, 4) is 11.1 Å². The van der Waals surface area contributed by atoms with Crippen molar-refractivity contribution in [3.05, 3.63) is 72.4 Å². The SMILES string of the molecule is C[C@H]1C[C@@H](Cn2ncc3cc(-c4cn[nH]c4)ccc32)CN1C(=O)c1cccc(F)c1. The summed E-state index contributed by atoms with van der Waals surface area (Å²) in [6.45, 7) is 3.44. The van der Waals surface area contributed by atoms with Gasteiger partial charge in [0.2, 0.25) is 0 Å². The van der Waals surface area contributed by atoms with Gasteiger partial charge in [-0.2, -0.15) is 10.2 Å². The van der Waals surface area contributed by atoms with Gasteiger partial charge in [-0.15, -0.1) is 0 Å². The van der Waals surface area contributed by atoms with Crippen LogP contribution in [0.4, 0.5) is 4.39 Å². The van der Waals surface area contributed by atoms with Crippen molar-refractivity contribution in [1.29, 1.82) is 0 Å². The van der Waals surface area contributed by atoms with Crippen molar-refractivity contribution in [3.63, 3.8) is 0 Å². The number of fused-ring (bicyclic) bond motifs is 1. The topological polar surface area (TPSA) is 66.8 Å². The largest absolute Gasteiger partial charge is 0.336 e. The molecule has 2 aromatic carbocycles. The van der Waals surface area contributed by atoms with Crippen LogP contribution in [0.1, 0.15) is 23.7 Å². The number of carbonyl (C=O) groups excluding carboxylic acids is 1. The average Bonchev–Trinajstić information content (AvgIpc) is 3.48. The fourth-order valence-corrected chi connectivity index (χ4v) is 4.41. The molecule has 2 atom stereocenters. The molecular weight excluding hydrogens is 381 g/mol. The first-order valence-electron chi connectivity index (χ1n) is 10.1. The number of carbonyl (C=O) groups is 1. The highest BCUT2D eigenvalue weighted by Crippen LogP contribution is 2.28. The molecule has 1 saturated heterocycles. The number of amides is 1. The zero-order chi connectivity index (χ0) is 20.7. The molecular formula is C23H22FN5O. The Balaban J connectivity index is 1.33. The van der Waals surface area contributed by atoms with Crippen LogP contribution in [0.5, 0.6) is 0 Å². The van der Waals surface area contributed by atoms with Crippen LogP contribution in [0.15, 0.2) is 61.1 Å². The van der Waals surface area contributed by atoms with Gasteiger partial charge < -0.3 is 4.90 Å². The highest BCUT2D eigenvalue weighted by Gasteiger charge is 2.33. The van der Waals surface area contributed by atoms with Gasteiger partial charge in [-0.25, -0.2) is 4.39 Å². The summed E-state index contributed by atoms with van der Waals surface area (Å²) in [6, 6.07) is 12.3. The number of nitrogens with one attached hydrogen (secondary N) is 1. The number of hydrogen-bond donors (Lipinski definition) is 1. The fourth-order valence-electron chi connectivity index (χ4n) is 4.41. The summed E-state index contributed by atoms with van der Waals surface area (Å²) < 4.78 is 15.5. The van der Waals surface area contributed by atoms with Gasteiger partial charge in [0.15, 0.2) is 0 Å². The predicted octanol–water partition coefficient (Wildman–Crippen LogP) is 4.12. The summed E-state index contributed by atoms with van der Waals surface area (Å²) in [4.78, 5) is 14.7. The monoisotopic (exact) mass is 403 g/mol. The summed E-state index contributed by atoms with van der Waals surface area (Å²) in [5.74, 6) is -0.198. The van der Waals surface area contributed by atoms with E-state index in [9.17, 15) is 9.18 Å². The number of benzene rings is 2. The lowest BCUT2D eigenvalue weighted by Gasteiger charge is -2.21. The fraction of sp³-hybridized carbons (Fsp3) is 0.261. The van der Waals surface area contributed by atoms with Gasteiger partial charge in [0.25, 0.3) is 5.91 Å². The van der Waals surface area contributed by atoms with E-state index in [-0.39, 0.29) is 17.8 Å². The molecule has 152 valence electrons. The number of aromatic amines is 1. The summed E-state index contributed by atoms with van der Waals surface area (Å²) in [5.41, 5.74) is 3.61. The Morgan fingerprint density at radius 2 is 2.10 bits per heavy atom. The maximum absolute atomic E-state index is 13.5. The molecule has 7 heteroatoms. The van der Waals surface area contributed by atoms with Gasteiger partial charge in [-0.05, 0) is 55.2 Å². The summed E-state index contributed by atoms with van der Waals surface area (Å²) >= 11 is 0. The molecule has 1 aliphatic rings. The molecule has 30 heavy (non-hydrogen) atoms. The van der Waals surface area contributed by atoms with Crippen molar-refractivity contribution in [2.45, 2.75) is 25.9 Å². The molecule has 1 fully saturated rings. The molecule has 1 N–H and O–H groups in total. The Bertz CT molecular complexity index is 1200. The van der Waals surface area contributed by atoms with Crippen molar-refractivity contribution in [1.82, 2.24) is 24.9 Å². The standard InChI is InChI=1S/C23H22FN5O/c1-15-7-16(13-28(15)23(30)18-3-2-4-21(24)9-18)14-29-22-6-5-17(8-19(22)12-27-29)20-10-25-26-11-20/h2-6,8-12,15-16H,7,13-14H2,1H3,(H,25,26)/t15-,16+/m0/s1. The minimum absolute atomic E-state index is 0.111. The number of aromatic nitrogens is 4. The molecule has 2 aromatic heterocycles. The van der Waals surface area contributed by atoms with Crippen LogP contribution in [0.2, 0.25) is 0 Å². The second-order valence-corrected chi connectivity index (χ2v) is 8.01. The lowest BCUT2D eigenvalue weighted by molar-refractivity contribution is 0.0741. The second kappa shape index (κ2) is 7.40. The van der Waals surface area contributed by atoms with E-state index >= 15 is 0 Å². The summed E-state index contributed by atoms with van der Waals surface area (Å²) in [6.07, 6.45) is 6.45. The van der Waals surface area contributed by atoms with E-state index in [4.69, 9.17) is 0 Å². The first-order chi connectivity index (χ1) is 14.6. The van der Waals surface area contributed by atoms with Crippen molar-refractivity contribution in [2.24, 2.45) is 5.92 Å². The van der Waals surface area contributed by atoms with Crippen molar-refractivity contribution >= 4 is 16.8 Å². The lowest BCUT2D eigenvalue weighted by atomic mass is 10.1. The lowest BCUT2D eigenvalue weighted by Crippen LogP contribution is -2.34. The van der Waals surface area contributed by atoms with Gasteiger partial charge in [-0.3, -0.25) is 14.6 Å². The van der Waals surface area contributed by atoms with E-state index in [2.05, 4.69) is 40.4 Å². The van der Waals surface area contributed by atoms with Crippen LogP contribution in [0, 0.1) is 11.7 Å². The van der Waals surface area contributed by atoms with Crippen LogP contribution in [-0.2, 0) is 6.54 Å². The van der Waals surface area contributed by atoms with Gasteiger partial charge in [0.05, 0.1) is 17.9 Å². The molecule has 0 radical (unpaired) electrons. The quantitative estimate of drug-likeness (QED) is 0.557.